The minimum absolute atomic E-state index is 0.0443. The quantitative estimate of drug-likeness (QED) is 0.372. The predicted octanol–water partition coefficient (Wildman–Crippen LogP) is 6.01. The van der Waals surface area contributed by atoms with Crippen molar-refractivity contribution < 1.29 is 4.43 Å². The van der Waals surface area contributed by atoms with Crippen molar-refractivity contribution in [2.75, 3.05) is 0 Å². The summed E-state index contributed by atoms with van der Waals surface area (Å²) in [6.45, 7) is 9.10. The summed E-state index contributed by atoms with van der Waals surface area (Å²) in [4.78, 5) is 0. The van der Waals surface area contributed by atoms with Crippen LogP contribution >= 0.6 is 0 Å². The van der Waals surface area contributed by atoms with Crippen LogP contribution in [0.4, 0.5) is 0 Å². The smallest absolute Gasteiger partial charge is 0.319 e. The molecule has 0 radical (unpaired) electrons. The van der Waals surface area contributed by atoms with Gasteiger partial charge >= 0.3 is 8.32 Å². The third-order valence-electron chi connectivity index (χ3n) is 5.13. The molecule has 3 rings (SSSR count). The van der Waals surface area contributed by atoms with Crippen LogP contribution in [0.2, 0.25) is 5.04 Å². The zero-order chi connectivity index (χ0) is 20.0. The lowest BCUT2D eigenvalue weighted by Crippen LogP contribution is -2.66. The van der Waals surface area contributed by atoms with Crippen molar-refractivity contribution in [1.82, 2.24) is 0 Å². The molecule has 0 spiro atoms. The van der Waals surface area contributed by atoms with Gasteiger partial charge in [0.1, 0.15) is 5.76 Å². The Kier molecular flexibility index (Phi) is 6.20. The number of benzene rings is 3. The summed E-state index contributed by atoms with van der Waals surface area (Å²) in [5, 5.41) is 2.55. The largest absolute Gasteiger partial charge is 0.534 e. The highest BCUT2D eigenvalue weighted by atomic mass is 28.4. The fourth-order valence-electron chi connectivity index (χ4n) is 3.82. The summed E-state index contributed by atoms with van der Waals surface area (Å²) >= 11 is 0. The molecule has 0 amide bonds. The first-order chi connectivity index (χ1) is 13.5. The second-order valence-electron chi connectivity index (χ2n) is 8.11. The fourth-order valence-corrected chi connectivity index (χ4v) is 8.28. The molecule has 1 nitrogen and oxygen atoms in total. The van der Waals surface area contributed by atoms with E-state index in [2.05, 4.69) is 125 Å². The fraction of sp³-hybridized carbons (Fsp3) is 0.231. The van der Waals surface area contributed by atoms with E-state index in [9.17, 15) is 0 Å². The summed E-state index contributed by atoms with van der Waals surface area (Å²) in [6.07, 6.45) is 3.15. The van der Waals surface area contributed by atoms with Crippen molar-refractivity contribution >= 4 is 24.5 Å². The topological polar surface area (TPSA) is 9.23 Å². The first-order valence-electron chi connectivity index (χ1n) is 10.0. The van der Waals surface area contributed by atoms with Gasteiger partial charge in [0, 0.05) is 5.56 Å². The monoisotopic (exact) mass is 386 g/mol. The second kappa shape index (κ2) is 8.62. The van der Waals surface area contributed by atoms with E-state index in [0.717, 1.165) is 17.7 Å². The van der Waals surface area contributed by atoms with Crippen LogP contribution in [0.15, 0.2) is 97.1 Å². The molecule has 28 heavy (non-hydrogen) atoms. The van der Waals surface area contributed by atoms with Gasteiger partial charge in [0.05, 0.1) is 0 Å². The Morgan fingerprint density at radius 2 is 1.18 bits per heavy atom. The maximum Gasteiger partial charge on any atom is 0.319 e. The van der Waals surface area contributed by atoms with Gasteiger partial charge in [0.25, 0.3) is 0 Å². The van der Waals surface area contributed by atoms with Crippen molar-refractivity contribution in [2.45, 2.75) is 39.2 Å². The third kappa shape index (κ3) is 3.97. The summed E-state index contributed by atoms with van der Waals surface area (Å²) < 4.78 is 7.20. The van der Waals surface area contributed by atoms with Crippen LogP contribution in [0.3, 0.4) is 0 Å². The Morgan fingerprint density at radius 3 is 1.57 bits per heavy atom. The minimum atomic E-state index is -2.60. The van der Waals surface area contributed by atoms with Gasteiger partial charge in [-0.1, -0.05) is 119 Å². The van der Waals surface area contributed by atoms with E-state index >= 15 is 0 Å². The van der Waals surface area contributed by atoms with Crippen LogP contribution in [0.5, 0.6) is 0 Å². The van der Waals surface area contributed by atoms with E-state index in [1.54, 1.807) is 0 Å². The van der Waals surface area contributed by atoms with E-state index in [4.69, 9.17) is 4.43 Å². The molecule has 0 atom stereocenters. The van der Waals surface area contributed by atoms with Crippen LogP contribution in [0.25, 0.3) is 5.76 Å². The molecular weight excluding hydrogens is 356 g/mol. The molecule has 0 fully saturated rings. The van der Waals surface area contributed by atoms with Crippen molar-refractivity contribution in [3.05, 3.63) is 103 Å². The Morgan fingerprint density at radius 1 is 0.750 bits per heavy atom. The summed E-state index contributed by atoms with van der Waals surface area (Å²) in [7, 11) is -2.60. The van der Waals surface area contributed by atoms with Crippen LogP contribution in [-0.4, -0.2) is 8.32 Å². The normalized spacial score (nSPS) is 12.6. The average Bonchev–Trinajstić information content (AvgIpc) is 2.72. The Labute approximate surface area is 170 Å². The molecule has 0 aliphatic rings. The molecule has 3 aromatic rings. The SMILES string of the molecule is CC/C=C(\O[Si](c1ccccc1)(c1ccccc1)C(C)(C)C)c1ccccc1. The molecule has 0 saturated carbocycles. The molecule has 0 saturated heterocycles. The van der Waals surface area contributed by atoms with Crippen LogP contribution in [0.1, 0.15) is 39.7 Å². The Bertz CT molecular complexity index is 854. The van der Waals surface area contributed by atoms with Crippen LogP contribution in [-0.2, 0) is 4.43 Å². The van der Waals surface area contributed by atoms with Crippen LogP contribution in [0, 0.1) is 0 Å². The third-order valence-corrected chi connectivity index (χ3v) is 10.1. The highest BCUT2D eigenvalue weighted by Gasteiger charge is 2.52. The number of hydrogen-bond donors (Lipinski definition) is 0. The average molecular weight is 387 g/mol. The molecule has 0 bridgehead atoms. The molecule has 3 aromatic carbocycles. The van der Waals surface area contributed by atoms with E-state index in [-0.39, 0.29) is 5.04 Å². The Balaban J connectivity index is 2.25. The van der Waals surface area contributed by atoms with Crippen LogP contribution < -0.4 is 10.4 Å². The molecule has 2 heteroatoms. The van der Waals surface area contributed by atoms with Crippen molar-refractivity contribution in [2.24, 2.45) is 0 Å². The molecule has 0 aliphatic heterocycles. The lowest BCUT2D eigenvalue weighted by Gasteiger charge is -2.43. The van der Waals surface area contributed by atoms with Crippen molar-refractivity contribution in [3.63, 3.8) is 0 Å². The number of allylic oxidation sites excluding steroid dienone is 1. The Hall–Kier alpha value is -2.58. The van der Waals surface area contributed by atoms with Gasteiger partial charge in [-0.15, -0.1) is 0 Å². The van der Waals surface area contributed by atoms with Gasteiger partial charge in [-0.05, 0) is 27.9 Å². The number of hydrogen-bond acceptors (Lipinski definition) is 1. The zero-order valence-corrected chi connectivity index (χ0v) is 18.4. The van der Waals surface area contributed by atoms with Gasteiger partial charge in [0.2, 0.25) is 0 Å². The van der Waals surface area contributed by atoms with Gasteiger partial charge in [-0.3, -0.25) is 0 Å². The lowest BCUT2D eigenvalue weighted by atomic mass is 10.2. The standard InChI is InChI=1S/C26H30OSi/c1-5-15-25(22-16-9-6-10-17-22)27-28(26(2,3)4,23-18-11-7-12-19-23)24-20-13-8-14-21-24/h6-21H,5H2,1-4H3/b25-15-. The van der Waals surface area contributed by atoms with Crippen molar-refractivity contribution in [3.8, 4) is 0 Å². The second-order valence-corrected chi connectivity index (χ2v) is 12.3. The molecule has 0 aliphatic carbocycles. The van der Waals surface area contributed by atoms with E-state index in [0.29, 0.717) is 0 Å². The summed E-state index contributed by atoms with van der Waals surface area (Å²) in [5.41, 5.74) is 1.14. The van der Waals surface area contributed by atoms with Gasteiger partial charge < -0.3 is 4.43 Å². The maximum atomic E-state index is 7.20. The highest BCUT2D eigenvalue weighted by Crippen LogP contribution is 2.39. The minimum Gasteiger partial charge on any atom is -0.534 e. The summed E-state index contributed by atoms with van der Waals surface area (Å²) in [5.74, 6) is 0.984. The van der Waals surface area contributed by atoms with E-state index in [1.165, 1.54) is 10.4 Å². The lowest BCUT2D eigenvalue weighted by molar-refractivity contribution is 0.472. The van der Waals surface area contributed by atoms with Crippen molar-refractivity contribution in [1.29, 1.82) is 0 Å². The molecule has 144 valence electrons. The first kappa shape index (κ1) is 20.2. The van der Waals surface area contributed by atoms with Gasteiger partial charge in [-0.2, -0.15) is 0 Å². The van der Waals surface area contributed by atoms with E-state index < -0.39 is 8.32 Å². The highest BCUT2D eigenvalue weighted by molar-refractivity contribution is 7.00. The molecule has 0 N–H and O–H groups in total. The zero-order valence-electron chi connectivity index (χ0n) is 17.4. The first-order valence-corrected chi connectivity index (χ1v) is 12.0. The number of rotatable bonds is 6. The predicted molar refractivity (Wildman–Crippen MR) is 123 cm³/mol. The molecular formula is C26H30OSi. The van der Waals surface area contributed by atoms with E-state index in [1.807, 2.05) is 0 Å². The van der Waals surface area contributed by atoms with Gasteiger partial charge in [-0.25, -0.2) is 0 Å². The van der Waals surface area contributed by atoms with Gasteiger partial charge in [0.15, 0.2) is 0 Å². The molecule has 0 heterocycles. The molecule has 0 aromatic heterocycles. The molecule has 0 unspecified atom stereocenters. The maximum absolute atomic E-state index is 7.20. The summed E-state index contributed by atoms with van der Waals surface area (Å²) in [6, 6.07) is 32.1.